The van der Waals surface area contributed by atoms with Crippen molar-refractivity contribution in [1.29, 1.82) is 0 Å². The van der Waals surface area contributed by atoms with Gasteiger partial charge in [0.25, 0.3) is 0 Å². The topological polar surface area (TPSA) is 82.1 Å². The molecule has 0 bridgehead atoms. The van der Waals surface area contributed by atoms with Crippen molar-refractivity contribution >= 4 is 11.6 Å². The number of fused-ring (bicyclic) bond motifs is 1. The fourth-order valence-electron chi connectivity index (χ4n) is 2.45. The molecule has 0 aromatic carbocycles. The fourth-order valence-corrected chi connectivity index (χ4v) is 2.45. The lowest BCUT2D eigenvalue weighted by Crippen LogP contribution is -2.45. The third-order valence-electron chi connectivity index (χ3n) is 3.84. The average molecular weight is 258 g/mol. The normalized spacial score (nSPS) is 51.2. The maximum absolute atomic E-state index is 11.6. The number of ether oxygens (including phenoxy) is 3. The largest absolute Gasteiger partial charge is 0.361 e. The Labute approximate surface area is 105 Å². The molecule has 2 saturated heterocycles. The number of hydrogen-bond donors (Lipinski definition) is 1. The first-order valence-electron chi connectivity index (χ1n) is 5.81. The molecule has 4 atom stereocenters. The molecule has 0 saturated carbocycles. The molecule has 0 amide bonds. The van der Waals surface area contributed by atoms with E-state index in [1.54, 1.807) is 6.92 Å². The zero-order chi connectivity index (χ0) is 14.0. The minimum atomic E-state index is -1.81. The van der Waals surface area contributed by atoms with Crippen LogP contribution < -0.4 is 0 Å². The molecule has 2 rings (SSSR count). The van der Waals surface area contributed by atoms with Crippen molar-refractivity contribution in [2.75, 3.05) is 0 Å². The van der Waals surface area contributed by atoms with Crippen LogP contribution in [-0.4, -0.2) is 39.6 Å². The molecule has 18 heavy (non-hydrogen) atoms. The Morgan fingerprint density at radius 3 is 1.94 bits per heavy atom. The van der Waals surface area contributed by atoms with Crippen molar-refractivity contribution in [3.8, 4) is 0 Å². The summed E-state index contributed by atoms with van der Waals surface area (Å²) in [6, 6.07) is 0. The highest BCUT2D eigenvalue weighted by Crippen LogP contribution is 2.55. The number of Topliss-reactive ketones (excluding diaryl/α,β-unsaturated/α-hetero) is 2. The molecule has 2 aliphatic rings. The van der Waals surface area contributed by atoms with E-state index in [4.69, 9.17) is 14.2 Å². The first kappa shape index (κ1) is 13.6. The molecule has 2 heterocycles. The van der Waals surface area contributed by atoms with Crippen LogP contribution in [0.25, 0.3) is 0 Å². The monoisotopic (exact) mass is 258 g/mol. The molecule has 2 fully saturated rings. The van der Waals surface area contributed by atoms with Crippen molar-refractivity contribution in [3.63, 3.8) is 0 Å². The second-order valence-corrected chi connectivity index (χ2v) is 5.50. The van der Waals surface area contributed by atoms with E-state index in [0.717, 1.165) is 0 Å². The summed E-state index contributed by atoms with van der Waals surface area (Å²) in [4.78, 5) is 23.1. The van der Waals surface area contributed by atoms with Gasteiger partial charge in [-0.25, -0.2) is 0 Å². The van der Waals surface area contributed by atoms with Crippen LogP contribution in [0.4, 0.5) is 0 Å². The number of hydrogen-bond acceptors (Lipinski definition) is 6. The molecule has 2 aliphatic heterocycles. The molecule has 6 nitrogen and oxygen atoms in total. The van der Waals surface area contributed by atoms with E-state index >= 15 is 0 Å². The van der Waals surface area contributed by atoms with Gasteiger partial charge >= 0.3 is 0 Å². The lowest BCUT2D eigenvalue weighted by molar-refractivity contribution is -0.271. The van der Waals surface area contributed by atoms with Crippen molar-refractivity contribution < 1.29 is 28.9 Å². The highest BCUT2D eigenvalue weighted by molar-refractivity contribution is 5.86. The third-order valence-corrected chi connectivity index (χ3v) is 3.84. The quantitative estimate of drug-likeness (QED) is 0.777. The van der Waals surface area contributed by atoms with Gasteiger partial charge in [0.15, 0.2) is 11.6 Å². The summed E-state index contributed by atoms with van der Waals surface area (Å²) < 4.78 is 16.4. The molecule has 0 aromatic heterocycles. The minimum Gasteiger partial charge on any atom is -0.361 e. The van der Waals surface area contributed by atoms with E-state index < -0.39 is 23.0 Å². The Kier molecular flexibility index (Phi) is 2.56. The van der Waals surface area contributed by atoms with Gasteiger partial charge in [0.2, 0.25) is 17.4 Å². The molecular weight excluding hydrogens is 240 g/mol. The van der Waals surface area contributed by atoms with Gasteiger partial charge in [0.1, 0.15) is 5.60 Å². The number of carbonyl (C=O) groups is 2. The van der Waals surface area contributed by atoms with Crippen LogP contribution in [-0.2, 0) is 23.8 Å². The highest BCUT2D eigenvalue weighted by atomic mass is 16.9. The van der Waals surface area contributed by atoms with Gasteiger partial charge in [0.05, 0.1) is 0 Å². The summed E-state index contributed by atoms with van der Waals surface area (Å²) >= 11 is 0. The molecule has 0 aromatic rings. The Balaban J connectivity index is 2.37. The summed E-state index contributed by atoms with van der Waals surface area (Å²) in [5, 5.41) is 10.5. The number of aliphatic hydroxyl groups is 1. The van der Waals surface area contributed by atoms with Gasteiger partial charge in [-0.2, -0.15) is 0 Å². The van der Waals surface area contributed by atoms with Crippen molar-refractivity contribution in [2.24, 2.45) is 0 Å². The highest BCUT2D eigenvalue weighted by Gasteiger charge is 2.73. The van der Waals surface area contributed by atoms with Gasteiger partial charge in [-0.15, -0.1) is 0 Å². The minimum absolute atomic E-state index is 0.0747. The summed E-state index contributed by atoms with van der Waals surface area (Å²) in [6.45, 7) is 7.13. The van der Waals surface area contributed by atoms with Crippen molar-refractivity contribution in [1.82, 2.24) is 0 Å². The smallest absolute Gasteiger partial charge is 0.231 e. The van der Waals surface area contributed by atoms with Crippen LogP contribution in [0, 0.1) is 0 Å². The zero-order valence-corrected chi connectivity index (χ0v) is 11.2. The first-order valence-corrected chi connectivity index (χ1v) is 5.81. The maximum Gasteiger partial charge on any atom is 0.231 e. The predicted molar refractivity (Wildman–Crippen MR) is 59.4 cm³/mol. The first-order chi connectivity index (χ1) is 7.97. The van der Waals surface area contributed by atoms with E-state index in [0.29, 0.717) is 0 Å². The lowest BCUT2D eigenvalue weighted by Gasteiger charge is -2.29. The number of ketones is 2. The standard InChI is InChI=1S/C12H18O6/c1-7(13)9(3)6-12(15)11(5,16-9)17-10(4,18-12)8(2)14/h15H,6H2,1-5H3/t9-,10-,11+,12-/m1/s1. The molecule has 0 aliphatic carbocycles. The predicted octanol–water partition coefficient (Wildman–Crippen LogP) is 0.511. The summed E-state index contributed by atoms with van der Waals surface area (Å²) in [7, 11) is 0. The molecule has 102 valence electrons. The number of rotatable bonds is 2. The third kappa shape index (κ3) is 1.56. The van der Waals surface area contributed by atoms with Crippen molar-refractivity contribution in [3.05, 3.63) is 0 Å². The number of carbonyl (C=O) groups excluding carboxylic acids is 2. The molecule has 1 N–H and O–H groups in total. The Morgan fingerprint density at radius 1 is 1.00 bits per heavy atom. The second-order valence-electron chi connectivity index (χ2n) is 5.50. The van der Waals surface area contributed by atoms with E-state index in [2.05, 4.69) is 0 Å². The fraction of sp³-hybridized carbons (Fsp3) is 0.833. The van der Waals surface area contributed by atoms with Crippen LogP contribution in [0.3, 0.4) is 0 Å². The molecule has 6 heteroatoms. The summed E-state index contributed by atoms with van der Waals surface area (Å²) in [5.74, 6) is -5.51. The Hall–Kier alpha value is -0.820. The van der Waals surface area contributed by atoms with Crippen LogP contribution in [0.15, 0.2) is 0 Å². The SMILES string of the molecule is CC(=O)[C@]1(C)O[C@]2(C)O[C@@](C)(C(C)=O)C[C@@]2(O)O1. The summed E-state index contributed by atoms with van der Waals surface area (Å²) in [5.41, 5.74) is -1.18. The van der Waals surface area contributed by atoms with Crippen LogP contribution >= 0.6 is 0 Å². The molecule has 0 radical (unpaired) electrons. The van der Waals surface area contributed by atoms with Gasteiger partial charge in [0, 0.05) is 13.3 Å². The second kappa shape index (κ2) is 3.39. The lowest BCUT2D eigenvalue weighted by atomic mass is 9.94. The van der Waals surface area contributed by atoms with Gasteiger partial charge < -0.3 is 19.3 Å². The molecule has 0 spiro atoms. The van der Waals surface area contributed by atoms with E-state index in [1.807, 2.05) is 0 Å². The van der Waals surface area contributed by atoms with Gasteiger partial charge in [-0.1, -0.05) is 0 Å². The van der Waals surface area contributed by atoms with E-state index in [9.17, 15) is 14.7 Å². The average Bonchev–Trinajstić information content (AvgIpc) is 2.43. The van der Waals surface area contributed by atoms with Crippen LogP contribution in [0.1, 0.15) is 41.0 Å². The van der Waals surface area contributed by atoms with E-state index in [1.165, 1.54) is 27.7 Å². The van der Waals surface area contributed by atoms with Crippen LogP contribution in [0.2, 0.25) is 0 Å². The molecule has 0 unspecified atom stereocenters. The Bertz CT molecular complexity index is 374. The molecular formula is C12H18O6. The van der Waals surface area contributed by atoms with Gasteiger partial charge in [-0.05, 0) is 27.7 Å². The maximum atomic E-state index is 11.6. The zero-order valence-electron chi connectivity index (χ0n) is 11.2. The van der Waals surface area contributed by atoms with Crippen molar-refractivity contribution in [2.45, 2.75) is 64.0 Å². The van der Waals surface area contributed by atoms with Gasteiger partial charge in [-0.3, -0.25) is 9.59 Å². The summed E-state index contributed by atoms with van der Waals surface area (Å²) in [6.07, 6.45) is -0.0747. The Morgan fingerprint density at radius 2 is 1.56 bits per heavy atom. The van der Waals surface area contributed by atoms with Crippen LogP contribution in [0.5, 0.6) is 0 Å². The van der Waals surface area contributed by atoms with E-state index in [-0.39, 0.29) is 18.0 Å².